The molecule has 0 saturated carbocycles. The minimum Gasteiger partial charge on any atom is -0.360 e. The number of hydrogen-bond acceptors (Lipinski definition) is 5. The average Bonchev–Trinajstić information content (AvgIpc) is 3.35. The zero-order chi connectivity index (χ0) is 16.4. The highest BCUT2D eigenvalue weighted by Crippen LogP contribution is 2.30. The third-order valence-corrected chi connectivity index (χ3v) is 6.09. The molecule has 0 unspecified atom stereocenters. The second-order valence-corrected chi connectivity index (χ2v) is 7.39. The van der Waals surface area contributed by atoms with Crippen LogP contribution in [0.3, 0.4) is 0 Å². The van der Waals surface area contributed by atoms with E-state index in [1.54, 1.807) is 17.5 Å². The highest BCUT2D eigenvalue weighted by molar-refractivity contribution is 7.14. The van der Waals surface area contributed by atoms with Gasteiger partial charge in [-0.15, -0.1) is 11.3 Å². The second kappa shape index (κ2) is 6.57. The second-order valence-electron chi connectivity index (χ2n) is 6.46. The number of hydrogen-bond donors (Lipinski definition) is 1. The molecule has 7 heteroatoms. The van der Waals surface area contributed by atoms with Crippen molar-refractivity contribution in [2.75, 3.05) is 44.2 Å². The first kappa shape index (κ1) is 15.7. The largest absolute Gasteiger partial charge is 0.360 e. The molecule has 0 bridgehead atoms. The highest BCUT2D eigenvalue weighted by Gasteiger charge is 2.44. The fourth-order valence-electron chi connectivity index (χ4n) is 3.78. The van der Waals surface area contributed by atoms with Gasteiger partial charge >= 0.3 is 0 Å². The van der Waals surface area contributed by atoms with Crippen LogP contribution >= 0.6 is 11.3 Å². The lowest BCUT2D eigenvalue weighted by molar-refractivity contribution is -0.143. The molecule has 6 nitrogen and oxygen atoms in total. The summed E-state index contributed by atoms with van der Waals surface area (Å²) in [5, 5.41) is 11.2. The van der Waals surface area contributed by atoms with Gasteiger partial charge in [-0.25, -0.2) is 0 Å². The predicted molar refractivity (Wildman–Crippen MR) is 95.4 cm³/mol. The van der Waals surface area contributed by atoms with Crippen molar-refractivity contribution in [2.24, 2.45) is 0 Å². The van der Waals surface area contributed by atoms with Crippen molar-refractivity contribution < 1.29 is 4.79 Å². The number of piperazine rings is 1. The average molecular weight is 345 g/mol. The van der Waals surface area contributed by atoms with E-state index in [0.29, 0.717) is 0 Å². The van der Waals surface area contributed by atoms with Gasteiger partial charge < -0.3 is 15.1 Å². The summed E-state index contributed by atoms with van der Waals surface area (Å²) in [7, 11) is 0. The summed E-state index contributed by atoms with van der Waals surface area (Å²) in [6.45, 7) is 5.10. The molecule has 0 atom stereocenters. The van der Waals surface area contributed by atoms with Crippen LogP contribution in [0.4, 0.5) is 5.00 Å². The number of aromatic nitrogens is 2. The zero-order valence-electron chi connectivity index (χ0n) is 13.7. The Bertz CT molecular complexity index is 655. The van der Waals surface area contributed by atoms with Crippen LogP contribution in [0.25, 0.3) is 0 Å². The Morgan fingerprint density at radius 1 is 1.17 bits per heavy atom. The summed E-state index contributed by atoms with van der Waals surface area (Å²) in [6.07, 6.45) is 5.31. The summed E-state index contributed by atoms with van der Waals surface area (Å²) >= 11 is 1.76. The number of thiophene rings is 1. The molecule has 2 aromatic rings. The SMILES string of the molecule is O=C(N1CCN(c2cccs2)CC1)C1(n2cccn2)CCNCC1. The van der Waals surface area contributed by atoms with Crippen LogP contribution in [0, 0.1) is 0 Å². The molecule has 2 saturated heterocycles. The van der Waals surface area contributed by atoms with Crippen LogP contribution in [0.5, 0.6) is 0 Å². The molecule has 0 aliphatic carbocycles. The Kier molecular flexibility index (Phi) is 4.28. The van der Waals surface area contributed by atoms with Crippen LogP contribution in [-0.4, -0.2) is 59.9 Å². The number of carbonyl (C=O) groups is 1. The minimum atomic E-state index is -0.514. The van der Waals surface area contributed by atoms with E-state index in [1.807, 2.05) is 21.8 Å². The fraction of sp³-hybridized carbons (Fsp3) is 0.529. The third kappa shape index (κ3) is 2.71. The van der Waals surface area contributed by atoms with Crippen molar-refractivity contribution >= 4 is 22.2 Å². The molecule has 1 N–H and O–H groups in total. The molecular weight excluding hydrogens is 322 g/mol. The van der Waals surface area contributed by atoms with E-state index in [-0.39, 0.29) is 5.91 Å². The normalized spacial score (nSPS) is 21.0. The fourth-order valence-corrected chi connectivity index (χ4v) is 4.56. The predicted octanol–water partition coefficient (Wildman–Crippen LogP) is 1.37. The Labute approximate surface area is 146 Å². The van der Waals surface area contributed by atoms with Gasteiger partial charge in [0.1, 0.15) is 5.54 Å². The molecule has 1 amide bonds. The number of rotatable bonds is 3. The Morgan fingerprint density at radius 2 is 1.96 bits per heavy atom. The summed E-state index contributed by atoms with van der Waals surface area (Å²) in [5.74, 6) is 0.235. The number of nitrogens with zero attached hydrogens (tertiary/aromatic N) is 4. The molecule has 4 rings (SSSR count). The lowest BCUT2D eigenvalue weighted by atomic mass is 9.86. The van der Waals surface area contributed by atoms with E-state index in [0.717, 1.165) is 52.1 Å². The van der Waals surface area contributed by atoms with Crippen LogP contribution in [0.1, 0.15) is 12.8 Å². The van der Waals surface area contributed by atoms with Crippen molar-refractivity contribution in [3.8, 4) is 0 Å². The van der Waals surface area contributed by atoms with Crippen LogP contribution < -0.4 is 10.2 Å². The molecule has 0 spiro atoms. The van der Waals surface area contributed by atoms with E-state index in [1.165, 1.54) is 5.00 Å². The molecule has 0 aromatic carbocycles. The Balaban J connectivity index is 1.50. The van der Waals surface area contributed by atoms with Crippen LogP contribution in [-0.2, 0) is 10.3 Å². The summed E-state index contributed by atoms with van der Waals surface area (Å²) in [4.78, 5) is 17.8. The van der Waals surface area contributed by atoms with Crippen molar-refractivity contribution in [3.63, 3.8) is 0 Å². The van der Waals surface area contributed by atoms with Gasteiger partial charge in [-0.05, 0) is 49.5 Å². The molecule has 128 valence electrons. The lowest BCUT2D eigenvalue weighted by Gasteiger charge is -2.43. The van der Waals surface area contributed by atoms with Gasteiger partial charge in [0, 0.05) is 38.6 Å². The number of amides is 1. The van der Waals surface area contributed by atoms with Crippen molar-refractivity contribution in [2.45, 2.75) is 18.4 Å². The van der Waals surface area contributed by atoms with Gasteiger partial charge in [-0.2, -0.15) is 5.10 Å². The Morgan fingerprint density at radius 3 is 2.58 bits per heavy atom. The smallest absolute Gasteiger partial charge is 0.250 e. The first-order chi connectivity index (χ1) is 11.8. The molecule has 2 aromatic heterocycles. The van der Waals surface area contributed by atoms with E-state index < -0.39 is 5.54 Å². The number of carbonyl (C=O) groups excluding carboxylic acids is 1. The third-order valence-electron chi connectivity index (χ3n) is 5.16. The van der Waals surface area contributed by atoms with E-state index in [2.05, 4.69) is 32.8 Å². The molecule has 2 aliphatic rings. The zero-order valence-corrected chi connectivity index (χ0v) is 14.5. The molecule has 2 fully saturated rings. The van der Waals surface area contributed by atoms with E-state index in [4.69, 9.17) is 0 Å². The van der Waals surface area contributed by atoms with Gasteiger partial charge in [0.05, 0.1) is 5.00 Å². The van der Waals surface area contributed by atoms with Crippen LogP contribution in [0.15, 0.2) is 36.0 Å². The Hall–Kier alpha value is -1.86. The van der Waals surface area contributed by atoms with Gasteiger partial charge in [-0.1, -0.05) is 0 Å². The van der Waals surface area contributed by atoms with Gasteiger partial charge in [0.2, 0.25) is 0 Å². The maximum atomic E-state index is 13.4. The molecule has 4 heterocycles. The highest BCUT2D eigenvalue weighted by atomic mass is 32.1. The molecular formula is C17H23N5OS. The van der Waals surface area contributed by atoms with E-state index >= 15 is 0 Å². The molecule has 2 aliphatic heterocycles. The number of anilines is 1. The van der Waals surface area contributed by atoms with Crippen molar-refractivity contribution in [1.82, 2.24) is 20.0 Å². The summed E-state index contributed by atoms with van der Waals surface area (Å²) in [5.41, 5.74) is -0.514. The van der Waals surface area contributed by atoms with Crippen molar-refractivity contribution in [3.05, 3.63) is 36.0 Å². The topological polar surface area (TPSA) is 53.4 Å². The van der Waals surface area contributed by atoms with Crippen LogP contribution in [0.2, 0.25) is 0 Å². The molecule has 0 radical (unpaired) electrons. The van der Waals surface area contributed by atoms with Gasteiger partial charge in [0.25, 0.3) is 5.91 Å². The number of nitrogens with one attached hydrogen (secondary N) is 1. The van der Waals surface area contributed by atoms with Crippen molar-refractivity contribution in [1.29, 1.82) is 0 Å². The first-order valence-electron chi connectivity index (χ1n) is 8.58. The monoisotopic (exact) mass is 345 g/mol. The quantitative estimate of drug-likeness (QED) is 0.913. The van der Waals surface area contributed by atoms with Gasteiger partial charge in [0.15, 0.2) is 0 Å². The minimum absolute atomic E-state index is 0.235. The maximum Gasteiger partial charge on any atom is 0.250 e. The molecule has 24 heavy (non-hydrogen) atoms. The van der Waals surface area contributed by atoms with Gasteiger partial charge in [-0.3, -0.25) is 9.48 Å². The standard InChI is InChI=1S/C17H23N5OS/c23-16(17(4-7-18-8-5-17)22-9-2-6-19-22)21-12-10-20(11-13-21)15-3-1-14-24-15/h1-3,6,9,14,18H,4-5,7-8,10-13H2. The maximum absolute atomic E-state index is 13.4. The first-order valence-corrected chi connectivity index (χ1v) is 9.46. The number of piperidine rings is 1. The van der Waals surface area contributed by atoms with E-state index in [9.17, 15) is 4.79 Å². The summed E-state index contributed by atoms with van der Waals surface area (Å²) < 4.78 is 1.89. The summed E-state index contributed by atoms with van der Waals surface area (Å²) in [6, 6.07) is 6.14. The lowest BCUT2D eigenvalue weighted by Crippen LogP contribution is -2.59.